The summed E-state index contributed by atoms with van der Waals surface area (Å²) in [5.74, 6) is -0.910. The summed E-state index contributed by atoms with van der Waals surface area (Å²) in [6.45, 7) is 8.09. The molecule has 104 valence electrons. The van der Waals surface area contributed by atoms with Gasteiger partial charge in [0.15, 0.2) is 0 Å². The summed E-state index contributed by atoms with van der Waals surface area (Å²) in [6, 6.07) is 5.68. The van der Waals surface area contributed by atoms with Crippen molar-refractivity contribution in [2.45, 2.75) is 46.1 Å². The second-order valence-corrected chi connectivity index (χ2v) is 5.72. The maximum atomic E-state index is 10.9. The number of benzene rings is 1. The fraction of sp³-hybridized carbons (Fsp3) is 0.467. The van der Waals surface area contributed by atoms with Crippen molar-refractivity contribution in [3.8, 4) is 0 Å². The molecule has 0 saturated heterocycles. The van der Waals surface area contributed by atoms with Gasteiger partial charge in [0.05, 0.1) is 6.42 Å². The second-order valence-electron chi connectivity index (χ2n) is 5.72. The first kappa shape index (κ1) is 15.2. The summed E-state index contributed by atoms with van der Waals surface area (Å²) >= 11 is 0. The van der Waals surface area contributed by atoms with Gasteiger partial charge in [0, 0.05) is 13.5 Å². The Morgan fingerprint density at radius 3 is 2.37 bits per heavy atom. The summed E-state index contributed by atoms with van der Waals surface area (Å²) in [5, 5.41) is 11.7. The Hall–Kier alpha value is -1.84. The van der Waals surface area contributed by atoms with Crippen LogP contribution in [-0.2, 0) is 28.0 Å². The van der Waals surface area contributed by atoms with Crippen LogP contribution >= 0.6 is 0 Å². The highest BCUT2D eigenvalue weighted by Crippen LogP contribution is 2.27. The van der Waals surface area contributed by atoms with Crippen molar-refractivity contribution < 1.29 is 14.7 Å². The van der Waals surface area contributed by atoms with Gasteiger partial charge in [-0.2, -0.15) is 0 Å². The molecule has 4 nitrogen and oxygen atoms in total. The smallest absolute Gasteiger partial charge is 0.307 e. The Morgan fingerprint density at radius 2 is 1.89 bits per heavy atom. The van der Waals surface area contributed by atoms with Crippen molar-refractivity contribution in [3.63, 3.8) is 0 Å². The van der Waals surface area contributed by atoms with Gasteiger partial charge in [-0.25, -0.2) is 0 Å². The number of amides is 1. The van der Waals surface area contributed by atoms with Crippen molar-refractivity contribution in [2.24, 2.45) is 0 Å². The molecule has 2 N–H and O–H groups in total. The topological polar surface area (TPSA) is 66.4 Å². The first-order chi connectivity index (χ1) is 8.70. The van der Waals surface area contributed by atoms with E-state index in [0.29, 0.717) is 6.54 Å². The highest BCUT2D eigenvalue weighted by atomic mass is 16.4. The second kappa shape index (κ2) is 5.87. The predicted octanol–water partition coefficient (Wildman–Crippen LogP) is 2.25. The fourth-order valence-electron chi connectivity index (χ4n) is 1.98. The fourth-order valence-corrected chi connectivity index (χ4v) is 1.98. The lowest BCUT2D eigenvalue weighted by Crippen LogP contribution is -2.21. The minimum atomic E-state index is -0.833. The number of aliphatic carboxylic acids is 1. The molecule has 0 heterocycles. The van der Waals surface area contributed by atoms with Crippen LogP contribution in [0.5, 0.6) is 0 Å². The summed E-state index contributed by atoms with van der Waals surface area (Å²) in [4.78, 5) is 21.8. The molecule has 1 aromatic carbocycles. The number of carbonyl (C=O) groups excluding carboxylic acids is 1. The quantitative estimate of drug-likeness (QED) is 0.875. The van der Waals surface area contributed by atoms with Crippen LogP contribution in [0.2, 0.25) is 0 Å². The molecular formula is C15H21NO3. The van der Waals surface area contributed by atoms with Gasteiger partial charge >= 0.3 is 5.97 Å². The SMILES string of the molecule is CC(=O)NCc1ccc(CC(=O)O)c(C(C)(C)C)c1. The van der Waals surface area contributed by atoms with Gasteiger partial charge in [-0.3, -0.25) is 9.59 Å². The third-order valence-corrected chi connectivity index (χ3v) is 2.87. The van der Waals surface area contributed by atoms with E-state index in [4.69, 9.17) is 5.11 Å². The zero-order valence-corrected chi connectivity index (χ0v) is 11.9. The van der Waals surface area contributed by atoms with Gasteiger partial charge < -0.3 is 10.4 Å². The molecule has 19 heavy (non-hydrogen) atoms. The lowest BCUT2D eigenvalue weighted by Gasteiger charge is -2.23. The zero-order chi connectivity index (χ0) is 14.6. The standard InChI is InChI=1S/C15H21NO3/c1-10(17)16-9-11-5-6-12(8-14(18)19)13(7-11)15(2,3)4/h5-7H,8-9H2,1-4H3,(H,16,17)(H,18,19). The van der Waals surface area contributed by atoms with Crippen molar-refractivity contribution in [2.75, 3.05) is 0 Å². The number of carboxylic acid groups (broad SMARTS) is 1. The molecular weight excluding hydrogens is 242 g/mol. The highest BCUT2D eigenvalue weighted by Gasteiger charge is 2.19. The maximum absolute atomic E-state index is 10.9. The first-order valence-electron chi connectivity index (χ1n) is 6.28. The van der Waals surface area contributed by atoms with Crippen molar-refractivity contribution >= 4 is 11.9 Å². The molecule has 0 atom stereocenters. The molecule has 1 amide bonds. The van der Waals surface area contributed by atoms with E-state index < -0.39 is 5.97 Å². The molecule has 0 aliphatic rings. The van der Waals surface area contributed by atoms with E-state index >= 15 is 0 Å². The Labute approximate surface area is 113 Å². The maximum Gasteiger partial charge on any atom is 0.307 e. The molecule has 1 aromatic rings. The van der Waals surface area contributed by atoms with Crippen molar-refractivity contribution in [1.29, 1.82) is 0 Å². The van der Waals surface area contributed by atoms with Crippen LogP contribution in [0, 0.1) is 0 Å². The van der Waals surface area contributed by atoms with E-state index in [1.807, 2.05) is 18.2 Å². The monoisotopic (exact) mass is 263 g/mol. The normalized spacial score (nSPS) is 11.2. The number of carboxylic acids is 1. The number of hydrogen-bond donors (Lipinski definition) is 2. The Kier molecular flexibility index (Phi) is 4.70. The molecule has 0 aliphatic heterocycles. The number of hydrogen-bond acceptors (Lipinski definition) is 2. The Morgan fingerprint density at radius 1 is 1.26 bits per heavy atom. The Balaban J connectivity index is 3.08. The molecule has 0 saturated carbocycles. The van der Waals surface area contributed by atoms with E-state index in [1.54, 1.807) is 0 Å². The van der Waals surface area contributed by atoms with Crippen LogP contribution in [0.4, 0.5) is 0 Å². The molecule has 0 spiro atoms. The molecule has 0 unspecified atom stereocenters. The number of nitrogens with one attached hydrogen (secondary N) is 1. The molecule has 1 rings (SSSR count). The summed E-state index contributed by atoms with van der Waals surface area (Å²) in [6.07, 6.45) is 0.0209. The number of rotatable bonds is 4. The first-order valence-corrected chi connectivity index (χ1v) is 6.28. The summed E-state index contributed by atoms with van der Waals surface area (Å²) < 4.78 is 0. The average Bonchev–Trinajstić information content (AvgIpc) is 2.25. The highest BCUT2D eigenvalue weighted by molar-refractivity contribution is 5.73. The van der Waals surface area contributed by atoms with Crippen LogP contribution < -0.4 is 5.32 Å². The van der Waals surface area contributed by atoms with Crippen molar-refractivity contribution in [1.82, 2.24) is 5.32 Å². The molecule has 0 aromatic heterocycles. The van der Waals surface area contributed by atoms with Gasteiger partial charge in [0.1, 0.15) is 0 Å². The van der Waals surface area contributed by atoms with Gasteiger partial charge in [-0.15, -0.1) is 0 Å². The van der Waals surface area contributed by atoms with Crippen LogP contribution in [0.15, 0.2) is 18.2 Å². The van der Waals surface area contributed by atoms with Gasteiger partial charge in [-0.05, 0) is 22.1 Å². The molecule has 0 bridgehead atoms. The largest absolute Gasteiger partial charge is 0.481 e. The van der Waals surface area contributed by atoms with E-state index in [9.17, 15) is 9.59 Å². The van der Waals surface area contributed by atoms with E-state index in [0.717, 1.165) is 16.7 Å². The van der Waals surface area contributed by atoms with Crippen LogP contribution in [0.25, 0.3) is 0 Å². The van der Waals surface area contributed by atoms with E-state index in [-0.39, 0.29) is 17.7 Å². The minimum absolute atomic E-state index is 0.0209. The van der Waals surface area contributed by atoms with E-state index in [1.165, 1.54) is 6.92 Å². The third-order valence-electron chi connectivity index (χ3n) is 2.87. The van der Waals surface area contributed by atoms with Gasteiger partial charge in [0.25, 0.3) is 0 Å². The van der Waals surface area contributed by atoms with Gasteiger partial charge in [-0.1, -0.05) is 39.0 Å². The van der Waals surface area contributed by atoms with Crippen LogP contribution in [-0.4, -0.2) is 17.0 Å². The third kappa shape index (κ3) is 4.73. The van der Waals surface area contributed by atoms with Crippen LogP contribution in [0.3, 0.4) is 0 Å². The Bertz CT molecular complexity index is 487. The zero-order valence-electron chi connectivity index (χ0n) is 11.9. The number of carbonyl (C=O) groups is 2. The molecule has 0 radical (unpaired) electrons. The minimum Gasteiger partial charge on any atom is -0.481 e. The van der Waals surface area contributed by atoms with Crippen molar-refractivity contribution in [3.05, 3.63) is 34.9 Å². The summed E-state index contributed by atoms with van der Waals surface area (Å²) in [7, 11) is 0. The lowest BCUT2D eigenvalue weighted by atomic mass is 9.82. The average molecular weight is 263 g/mol. The lowest BCUT2D eigenvalue weighted by molar-refractivity contribution is -0.136. The predicted molar refractivity (Wildman–Crippen MR) is 74.0 cm³/mol. The molecule has 0 aliphatic carbocycles. The molecule has 0 fully saturated rings. The molecule has 4 heteroatoms. The summed E-state index contributed by atoms with van der Waals surface area (Å²) in [5.41, 5.74) is 2.69. The van der Waals surface area contributed by atoms with Gasteiger partial charge in [0.2, 0.25) is 5.91 Å². The van der Waals surface area contributed by atoms with E-state index in [2.05, 4.69) is 26.1 Å². The van der Waals surface area contributed by atoms with Crippen LogP contribution in [0.1, 0.15) is 44.4 Å².